The van der Waals surface area contributed by atoms with Crippen LogP contribution in [0.2, 0.25) is 0 Å². The molecule has 2 fully saturated rings. The molecule has 2 aliphatic heterocycles. The van der Waals surface area contributed by atoms with Gasteiger partial charge in [0.2, 0.25) is 0 Å². The van der Waals surface area contributed by atoms with Crippen molar-refractivity contribution in [2.24, 2.45) is 11.8 Å². The zero-order valence-electron chi connectivity index (χ0n) is 13.3. The predicted octanol–water partition coefficient (Wildman–Crippen LogP) is 1.54. The Morgan fingerprint density at radius 2 is 2.19 bits per heavy atom. The highest BCUT2D eigenvalue weighted by atomic mass is 16.2. The zero-order valence-corrected chi connectivity index (χ0v) is 13.3. The highest BCUT2D eigenvalue weighted by Gasteiger charge is 2.45. The number of nitrogens with one attached hydrogen (secondary N) is 1. The van der Waals surface area contributed by atoms with Crippen molar-refractivity contribution in [1.82, 2.24) is 20.0 Å². The second-order valence-corrected chi connectivity index (χ2v) is 6.21. The van der Waals surface area contributed by atoms with Crippen molar-refractivity contribution >= 4 is 5.91 Å². The fraction of sp³-hybridized carbons (Fsp3) is 0.750. The van der Waals surface area contributed by atoms with Gasteiger partial charge in [-0.3, -0.25) is 9.48 Å². The summed E-state index contributed by atoms with van der Waals surface area (Å²) >= 11 is 0. The molecule has 2 saturated heterocycles. The molecule has 3 unspecified atom stereocenters. The summed E-state index contributed by atoms with van der Waals surface area (Å²) in [6, 6.07) is 2.35. The van der Waals surface area contributed by atoms with E-state index in [-0.39, 0.29) is 5.91 Å². The average Bonchev–Trinajstić information content (AvgIpc) is 3.18. The van der Waals surface area contributed by atoms with Gasteiger partial charge in [-0.2, -0.15) is 5.10 Å². The molecule has 2 aliphatic rings. The molecule has 1 amide bonds. The third kappa shape index (κ3) is 2.37. The van der Waals surface area contributed by atoms with Crippen LogP contribution in [0.25, 0.3) is 0 Å². The minimum atomic E-state index is 0.172. The van der Waals surface area contributed by atoms with Crippen LogP contribution in [0.1, 0.15) is 43.4 Å². The number of carbonyl (C=O) groups is 1. The van der Waals surface area contributed by atoms with E-state index >= 15 is 0 Å². The van der Waals surface area contributed by atoms with Crippen LogP contribution in [0.3, 0.4) is 0 Å². The maximum Gasteiger partial charge on any atom is 0.272 e. The van der Waals surface area contributed by atoms with E-state index in [9.17, 15) is 4.79 Å². The number of aryl methyl sites for hydroxylation is 2. The van der Waals surface area contributed by atoms with Crippen LogP contribution in [-0.4, -0.2) is 46.3 Å². The summed E-state index contributed by atoms with van der Waals surface area (Å²) < 4.78 is 1.86. The summed E-state index contributed by atoms with van der Waals surface area (Å²) in [5.74, 6) is 1.43. The summed E-state index contributed by atoms with van der Waals surface area (Å²) in [4.78, 5) is 15.1. The summed E-state index contributed by atoms with van der Waals surface area (Å²) in [5.41, 5.74) is 1.77. The number of likely N-dealkylation sites (tertiary alicyclic amines) is 1. The third-order valence-electron chi connectivity index (χ3n) is 5.11. The first kappa shape index (κ1) is 14.6. The van der Waals surface area contributed by atoms with Gasteiger partial charge in [-0.15, -0.1) is 0 Å². The van der Waals surface area contributed by atoms with E-state index in [0.29, 0.717) is 17.9 Å². The molecule has 0 saturated carbocycles. The molecular formula is C16H26N4O. The Balaban J connectivity index is 1.86. The number of nitrogens with zero attached hydrogens (tertiary/aromatic N) is 3. The fourth-order valence-electron chi connectivity index (χ4n) is 3.98. The third-order valence-corrected chi connectivity index (χ3v) is 5.11. The van der Waals surface area contributed by atoms with Gasteiger partial charge in [0.15, 0.2) is 0 Å². The Morgan fingerprint density at radius 3 is 2.86 bits per heavy atom. The maximum atomic E-state index is 13.0. The lowest BCUT2D eigenvalue weighted by atomic mass is 9.93. The summed E-state index contributed by atoms with van der Waals surface area (Å²) in [6.45, 7) is 10.1. The van der Waals surface area contributed by atoms with Gasteiger partial charge in [-0.05, 0) is 37.7 Å². The van der Waals surface area contributed by atoms with Gasteiger partial charge in [0.25, 0.3) is 5.91 Å². The number of amides is 1. The molecule has 116 valence electrons. The largest absolute Gasteiger partial charge is 0.334 e. The number of fused-ring (bicyclic) bond motifs is 1. The Morgan fingerprint density at radius 1 is 1.38 bits per heavy atom. The van der Waals surface area contributed by atoms with E-state index in [1.165, 1.54) is 0 Å². The highest BCUT2D eigenvalue weighted by Crippen LogP contribution is 2.35. The summed E-state index contributed by atoms with van der Waals surface area (Å²) in [6.07, 6.45) is 1.91. The molecule has 5 nitrogen and oxygen atoms in total. The first-order valence-corrected chi connectivity index (χ1v) is 8.27. The lowest BCUT2D eigenvalue weighted by molar-refractivity contribution is 0.0699. The van der Waals surface area contributed by atoms with E-state index in [2.05, 4.69) is 29.2 Å². The van der Waals surface area contributed by atoms with Crippen molar-refractivity contribution in [2.45, 2.75) is 46.2 Å². The second kappa shape index (κ2) is 5.79. The number of aromatic nitrogens is 2. The molecule has 5 heteroatoms. The summed E-state index contributed by atoms with van der Waals surface area (Å²) in [5, 5.41) is 7.99. The molecule has 1 aromatic rings. The topological polar surface area (TPSA) is 50.2 Å². The number of carbonyl (C=O) groups excluding carboxylic acids is 1. The first-order chi connectivity index (χ1) is 10.2. The SMILES string of the molecule is CCc1cc(C(=O)N2CC3CNCC3C2CC)n(CC)n1. The molecule has 3 heterocycles. The Kier molecular flexibility index (Phi) is 4.02. The Labute approximate surface area is 126 Å². The van der Waals surface area contributed by atoms with Gasteiger partial charge in [0, 0.05) is 32.2 Å². The lowest BCUT2D eigenvalue weighted by Gasteiger charge is -2.27. The van der Waals surface area contributed by atoms with Gasteiger partial charge >= 0.3 is 0 Å². The van der Waals surface area contributed by atoms with E-state index < -0.39 is 0 Å². The Bertz CT molecular complexity index is 524. The number of hydrogen-bond donors (Lipinski definition) is 1. The standard InChI is InChI=1S/C16H26N4O/c1-4-12-7-15(20(6-3)18-12)16(21)19-10-11-8-17-9-13(11)14(19)5-2/h7,11,13-14,17H,4-6,8-10H2,1-3H3. The molecular weight excluding hydrogens is 264 g/mol. The quantitative estimate of drug-likeness (QED) is 0.915. The fourth-order valence-corrected chi connectivity index (χ4v) is 3.98. The van der Waals surface area contributed by atoms with Crippen LogP contribution in [0.4, 0.5) is 0 Å². The van der Waals surface area contributed by atoms with Crippen LogP contribution < -0.4 is 5.32 Å². The van der Waals surface area contributed by atoms with Crippen molar-refractivity contribution in [2.75, 3.05) is 19.6 Å². The molecule has 3 rings (SSSR count). The minimum absolute atomic E-state index is 0.172. The lowest BCUT2D eigenvalue weighted by Crippen LogP contribution is -2.40. The van der Waals surface area contributed by atoms with E-state index in [4.69, 9.17) is 0 Å². The van der Waals surface area contributed by atoms with Crippen molar-refractivity contribution < 1.29 is 4.79 Å². The van der Waals surface area contributed by atoms with Crippen LogP contribution in [0.5, 0.6) is 0 Å². The first-order valence-electron chi connectivity index (χ1n) is 8.27. The number of hydrogen-bond acceptors (Lipinski definition) is 3. The van der Waals surface area contributed by atoms with Crippen molar-refractivity contribution in [3.8, 4) is 0 Å². The normalized spacial score (nSPS) is 28.1. The molecule has 0 aliphatic carbocycles. The van der Waals surface area contributed by atoms with Gasteiger partial charge < -0.3 is 10.2 Å². The minimum Gasteiger partial charge on any atom is -0.334 e. The monoisotopic (exact) mass is 290 g/mol. The zero-order chi connectivity index (χ0) is 15.0. The van der Waals surface area contributed by atoms with Gasteiger partial charge in [-0.25, -0.2) is 0 Å². The Hall–Kier alpha value is -1.36. The van der Waals surface area contributed by atoms with Gasteiger partial charge in [0.05, 0.1) is 5.69 Å². The molecule has 0 radical (unpaired) electrons. The van der Waals surface area contributed by atoms with Crippen molar-refractivity contribution in [1.29, 1.82) is 0 Å². The van der Waals surface area contributed by atoms with E-state index in [1.807, 2.05) is 17.7 Å². The van der Waals surface area contributed by atoms with Crippen LogP contribution >= 0.6 is 0 Å². The molecule has 3 atom stereocenters. The highest BCUT2D eigenvalue weighted by molar-refractivity contribution is 5.93. The molecule has 1 N–H and O–H groups in total. The van der Waals surface area contributed by atoms with E-state index in [1.54, 1.807) is 0 Å². The maximum absolute atomic E-state index is 13.0. The molecule has 1 aromatic heterocycles. The van der Waals surface area contributed by atoms with Gasteiger partial charge in [0.1, 0.15) is 5.69 Å². The average molecular weight is 290 g/mol. The predicted molar refractivity (Wildman–Crippen MR) is 82.2 cm³/mol. The van der Waals surface area contributed by atoms with E-state index in [0.717, 1.165) is 50.4 Å². The van der Waals surface area contributed by atoms with Gasteiger partial charge in [-0.1, -0.05) is 13.8 Å². The molecule has 0 aromatic carbocycles. The van der Waals surface area contributed by atoms with Crippen molar-refractivity contribution in [3.63, 3.8) is 0 Å². The second-order valence-electron chi connectivity index (χ2n) is 6.21. The van der Waals surface area contributed by atoms with Crippen molar-refractivity contribution in [3.05, 3.63) is 17.5 Å². The molecule has 0 spiro atoms. The number of rotatable bonds is 4. The van der Waals surface area contributed by atoms with Crippen LogP contribution in [-0.2, 0) is 13.0 Å². The van der Waals surface area contributed by atoms with Crippen LogP contribution in [0.15, 0.2) is 6.07 Å². The van der Waals surface area contributed by atoms with Crippen LogP contribution in [0, 0.1) is 11.8 Å². The molecule has 21 heavy (non-hydrogen) atoms. The smallest absolute Gasteiger partial charge is 0.272 e. The molecule has 0 bridgehead atoms. The summed E-state index contributed by atoms with van der Waals surface area (Å²) in [7, 11) is 0.